The second kappa shape index (κ2) is 5.40. The van der Waals surface area contributed by atoms with E-state index in [1.807, 2.05) is 32.0 Å². The summed E-state index contributed by atoms with van der Waals surface area (Å²) in [4.78, 5) is 12.4. The lowest BCUT2D eigenvalue weighted by Gasteiger charge is -2.11. The van der Waals surface area contributed by atoms with Crippen molar-refractivity contribution in [2.75, 3.05) is 0 Å². The molecule has 0 saturated heterocycles. The molecule has 0 aliphatic carbocycles. The van der Waals surface area contributed by atoms with E-state index in [-0.39, 0.29) is 11.9 Å². The van der Waals surface area contributed by atoms with Crippen molar-refractivity contribution in [3.05, 3.63) is 35.6 Å². The van der Waals surface area contributed by atoms with Gasteiger partial charge in [0.05, 0.1) is 4.99 Å². The van der Waals surface area contributed by atoms with Crippen molar-refractivity contribution >= 4 is 34.1 Å². The molecule has 0 bridgehead atoms. The first-order chi connectivity index (χ1) is 8.95. The van der Waals surface area contributed by atoms with Gasteiger partial charge in [-0.3, -0.25) is 4.79 Å². The fraction of sp³-hybridized carbons (Fsp3) is 0.286. The Morgan fingerprint density at radius 2 is 2.21 bits per heavy atom. The van der Waals surface area contributed by atoms with Gasteiger partial charge in [-0.1, -0.05) is 23.8 Å². The van der Waals surface area contributed by atoms with Gasteiger partial charge >= 0.3 is 0 Å². The van der Waals surface area contributed by atoms with E-state index in [2.05, 4.69) is 5.32 Å². The van der Waals surface area contributed by atoms with Crippen LogP contribution in [0, 0.1) is 6.92 Å². The monoisotopic (exact) mass is 276 g/mol. The van der Waals surface area contributed by atoms with E-state index in [1.54, 1.807) is 6.07 Å². The Bertz CT molecular complexity index is 633. The van der Waals surface area contributed by atoms with Crippen LogP contribution >= 0.6 is 12.2 Å². The first-order valence-electron chi connectivity index (χ1n) is 6.05. The molecule has 1 aromatic heterocycles. The second-order valence-electron chi connectivity index (χ2n) is 4.70. The van der Waals surface area contributed by atoms with Gasteiger partial charge < -0.3 is 15.5 Å². The summed E-state index contributed by atoms with van der Waals surface area (Å²) < 4.78 is 5.51. The lowest BCUT2D eigenvalue weighted by Crippen LogP contribution is -2.35. The Labute approximate surface area is 117 Å². The van der Waals surface area contributed by atoms with E-state index < -0.39 is 0 Å². The summed E-state index contributed by atoms with van der Waals surface area (Å²) >= 11 is 4.81. The predicted molar refractivity (Wildman–Crippen MR) is 79.3 cm³/mol. The van der Waals surface area contributed by atoms with Crippen LogP contribution in [0.3, 0.4) is 0 Å². The van der Waals surface area contributed by atoms with Crippen molar-refractivity contribution in [3.63, 3.8) is 0 Å². The minimum absolute atomic E-state index is 0.111. The van der Waals surface area contributed by atoms with E-state index in [4.69, 9.17) is 22.4 Å². The molecule has 1 atom stereocenters. The third-order valence-corrected chi connectivity index (χ3v) is 2.95. The number of fused-ring (bicyclic) bond motifs is 1. The van der Waals surface area contributed by atoms with Crippen molar-refractivity contribution in [1.82, 2.24) is 5.32 Å². The topological polar surface area (TPSA) is 68.3 Å². The fourth-order valence-corrected chi connectivity index (χ4v) is 2.17. The maximum Gasteiger partial charge on any atom is 0.287 e. The Morgan fingerprint density at radius 1 is 1.47 bits per heavy atom. The molecule has 1 amide bonds. The molecule has 0 spiro atoms. The molecule has 4 nitrogen and oxygen atoms in total. The van der Waals surface area contributed by atoms with Crippen molar-refractivity contribution in [2.45, 2.75) is 26.3 Å². The fourth-order valence-electron chi connectivity index (χ4n) is 1.92. The van der Waals surface area contributed by atoms with E-state index in [1.165, 1.54) is 0 Å². The second-order valence-corrected chi connectivity index (χ2v) is 5.22. The van der Waals surface area contributed by atoms with Crippen LogP contribution in [0.25, 0.3) is 11.0 Å². The number of hydrogen-bond donors (Lipinski definition) is 2. The largest absolute Gasteiger partial charge is 0.451 e. The third-order valence-electron chi connectivity index (χ3n) is 2.78. The maximum absolute atomic E-state index is 12.0. The van der Waals surface area contributed by atoms with E-state index >= 15 is 0 Å². The van der Waals surface area contributed by atoms with Crippen molar-refractivity contribution < 1.29 is 9.21 Å². The van der Waals surface area contributed by atoms with Gasteiger partial charge in [0.25, 0.3) is 5.91 Å². The zero-order valence-electron chi connectivity index (χ0n) is 10.9. The molecule has 5 heteroatoms. The standard InChI is InChI=1S/C14H16N2O2S/c1-8-3-4-11-10(5-8)7-12(18-11)14(17)16-9(2)6-13(15)19/h3-5,7,9H,6H2,1-2H3,(H2,15,19)(H,16,17). The van der Waals surface area contributed by atoms with Gasteiger partial charge in [-0.15, -0.1) is 0 Å². The zero-order chi connectivity index (χ0) is 14.0. The van der Waals surface area contributed by atoms with Gasteiger partial charge in [0, 0.05) is 17.8 Å². The summed E-state index contributed by atoms with van der Waals surface area (Å²) in [6, 6.07) is 7.42. The summed E-state index contributed by atoms with van der Waals surface area (Å²) in [6.45, 7) is 3.85. The predicted octanol–water partition coefficient (Wildman–Crippen LogP) is 2.54. The van der Waals surface area contributed by atoms with E-state index in [0.717, 1.165) is 10.9 Å². The van der Waals surface area contributed by atoms with Gasteiger partial charge in [0.1, 0.15) is 5.58 Å². The van der Waals surface area contributed by atoms with Crippen LogP contribution in [0.15, 0.2) is 28.7 Å². The number of thiocarbonyl (C=S) groups is 1. The number of nitrogens with two attached hydrogens (primary N) is 1. The van der Waals surface area contributed by atoms with Crippen LogP contribution in [-0.4, -0.2) is 16.9 Å². The highest BCUT2D eigenvalue weighted by atomic mass is 32.1. The molecule has 1 aromatic carbocycles. The van der Waals surface area contributed by atoms with Crippen LogP contribution in [0.5, 0.6) is 0 Å². The number of benzene rings is 1. The molecule has 100 valence electrons. The highest BCUT2D eigenvalue weighted by Crippen LogP contribution is 2.20. The Balaban J connectivity index is 2.15. The quantitative estimate of drug-likeness (QED) is 0.842. The normalized spacial score (nSPS) is 12.3. The minimum Gasteiger partial charge on any atom is -0.451 e. The van der Waals surface area contributed by atoms with Crippen LogP contribution < -0.4 is 11.1 Å². The van der Waals surface area contributed by atoms with Crippen LogP contribution in [0.4, 0.5) is 0 Å². The summed E-state index contributed by atoms with van der Waals surface area (Å²) in [5.41, 5.74) is 7.28. The molecular weight excluding hydrogens is 260 g/mol. The average Bonchev–Trinajstić information content (AvgIpc) is 2.70. The number of rotatable bonds is 4. The number of amides is 1. The molecule has 1 unspecified atom stereocenters. The Morgan fingerprint density at radius 3 is 2.89 bits per heavy atom. The lowest BCUT2D eigenvalue weighted by atomic mass is 10.2. The Hall–Kier alpha value is -1.88. The molecule has 0 saturated carbocycles. The zero-order valence-corrected chi connectivity index (χ0v) is 11.7. The van der Waals surface area contributed by atoms with E-state index in [9.17, 15) is 4.79 Å². The highest BCUT2D eigenvalue weighted by Gasteiger charge is 2.15. The number of aryl methyl sites for hydroxylation is 1. The smallest absolute Gasteiger partial charge is 0.287 e. The third kappa shape index (κ3) is 3.32. The van der Waals surface area contributed by atoms with Crippen LogP contribution in [-0.2, 0) is 0 Å². The molecular formula is C14H16N2O2S. The summed E-state index contributed by atoms with van der Waals surface area (Å²) in [5, 5.41) is 3.73. The first kappa shape index (κ1) is 13.5. The summed E-state index contributed by atoms with van der Waals surface area (Å²) in [5.74, 6) is 0.0491. The molecule has 2 rings (SSSR count). The molecule has 2 aromatic rings. The summed E-state index contributed by atoms with van der Waals surface area (Å²) in [7, 11) is 0. The van der Waals surface area contributed by atoms with Gasteiger partial charge in [0.15, 0.2) is 5.76 Å². The van der Waals surface area contributed by atoms with Crippen LogP contribution in [0.1, 0.15) is 29.5 Å². The molecule has 3 N–H and O–H groups in total. The minimum atomic E-state index is -0.252. The summed E-state index contributed by atoms with van der Waals surface area (Å²) in [6.07, 6.45) is 0.473. The number of furan rings is 1. The van der Waals surface area contributed by atoms with Crippen molar-refractivity contribution in [1.29, 1.82) is 0 Å². The van der Waals surface area contributed by atoms with E-state index in [0.29, 0.717) is 22.8 Å². The lowest BCUT2D eigenvalue weighted by molar-refractivity contribution is 0.0915. The number of carbonyl (C=O) groups excluding carboxylic acids is 1. The SMILES string of the molecule is Cc1ccc2oc(C(=O)NC(C)CC(N)=S)cc2c1. The number of hydrogen-bond acceptors (Lipinski definition) is 3. The van der Waals surface area contributed by atoms with Crippen molar-refractivity contribution in [3.8, 4) is 0 Å². The van der Waals surface area contributed by atoms with Gasteiger partial charge in [-0.2, -0.15) is 0 Å². The van der Waals surface area contributed by atoms with Gasteiger partial charge in [-0.05, 0) is 32.0 Å². The average molecular weight is 276 g/mol. The molecule has 0 aliphatic heterocycles. The molecule has 0 radical (unpaired) electrons. The highest BCUT2D eigenvalue weighted by molar-refractivity contribution is 7.80. The first-order valence-corrected chi connectivity index (χ1v) is 6.46. The molecule has 19 heavy (non-hydrogen) atoms. The maximum atomic E-state index is 12.0. The number of carbonyl (C=O) groups is 1. The Kier molecular flexibility index (Phi) is 3.85. The number of nitrogens with one attached hydrogen (secondary N) is 1. The van der Waals surface area contributed by atoms with Gasteiger partial charge in [-0.25, -0.2) is 0 Å². The van der Waals surface area contributed by atoms with Gasteiger partial charge in [0.2, 0.25) is 0 Å². The molecule has 1 heterocycles. The molecule has 0 fully saturated rings. The van der Waals surface area contributed by atoms with Crippen molar-refractivity contribution in [2.24, 2.45) is 5.73 Å². The molecule has 0 aliphatic rings. The van der Waals surface area contributed by atoms with Crippen LogP contribution in [0.2, 0.25) is 0 Å².